The minimum Gasteiger partial charge on any atom is -0.323 e. The monoisotopic (exact) mass is 245 g/mol. The average Bonchev–Trinajstić information content (AvgIpc) is 2.72. The van der Waals surface area contributed by atoms with E-state index < -0.39 is 0 Å². The minimum atomic E-state index is 0.272. The molecule has 2 N–H and O–H groups in total. The number of halogens is 1. The van der Waals surface area contributed by atoms with Crippen molar-refractivity contribution in [2.24, 2.45) is 11.7 Å². The molecule has 1 heterocycles. The van der Waals surface area contributed by atoms with E-state index in [1.807, 2.05) is 0 Å². The van der Waals surface area contributed by atoms with Crippen LogP contribution in [0.4, 0.5) is 0 Å². The Balaban J connectivity index is 1.97. The maximum absolute atomic E-state index is 6.04. The second kappa shape index (κ2) is 3.48. The highest BCUT2D eigenvalue weighted by molar-refractivity contribution is 9.11. The van der Waals surface area contributed by atoms with Crippen LogP contribution in [0.5, 0.6) is 0 Å². The highest BCUT2D eigenvalue weighted by atomic mass is 79.9. The van der Waals surface area contributed by atoms with Gasteiger partial charge in [-0.3, -0.25) is 0 Å². The SMILES string of the molecule is N[C@@H](CC1CC1)c1ccc(Br)s1. The highest BCUT2D eigenvalue weighted by Gasteiger charge is 2.24. The first-order valence-corrected chi connectivity index (χ1v) is 5.87. The number of thiophene rings is 1. The summed E-state index contributed by atoms with van der Waals surface area (Å²) in [6, 6.07) is 4.47. The molecule has 0 aromatic carbocycles. The lowest BCUT2D eigenvalue weighted by Gasteiger charge is -2.06. The molecule has 66 valence electrons. The zero-order valence-electron chi connectivity index (χ0n) is 6.79. The summed E-state index contributed by atoms with van der Waals surface area (Å²) in [6.45, 7) is 0. The van der Waals surface area contributed by atoms with Crippen LogP contribution in [0.25, 0.3) is 0 Å². The third-order valence-corrected chi connectivity index (χ3v) is 4.00. The van der Waals surface area contributed by atoms with E-state index in [1.54, 1.807) is 11.3 Å². The lowest BCUT2D eigenvalue weighted by molar-refractivity contribution is 0.605. The van der Waals surface area contributed by atoms with Crippen LogP contribution >= 0.6 is 27.3 Å². The molecule has 0 saturated heterocycles. The van der Waals surface area contributed by atoms with Crippen LogP contribution in [-0.2, 0) is 0 Å². The molecule has 0 aliphatic heterocycles. The Morgan fingerprint density at radius 1 is 1.58 bits per heavy atom. The van der Waals surface area contributed by atoms with Crippen LogP contribution in [0.3, 0.4) is 0 Å². The molecular weight excluding hydrogens is 234 g/mol. The molecule has 0 radical (unpaired) electrons. The fourth-order valence-electron chi connectivity index (χ4n) is 1.36. The van der Waals surface area contributed by atoms with Crippen molar-refractivity contribution in [3.8, 4) is 0 Å². The van der Waals surface area contributed by atoms with Crippen molar-refractivity contribution in [3.05, 3.63) is 20.8 Å². The van der Waals surface area contributed by atoms with Crippen LogP contribution < -0.4 is 5.73 Å². The van der Waals surface area contributed by atoms with Gasteiger partial charge in [-0.2, -0.15) is 0 Å². The molecule has 0 spiro atoms. The molecule has 3 heteroatoms. The number of rotatable bonds is 3. The molecule has 0 amide bonds. The summed E-state index contributed by atoms with van der Waals surface area (Å²) in [5.74, 6) is 0.917. The quantitative estimate of drug-likeness (QED) is 0.869. The van der Waals surface area contributed by atoms with Crippen molar-refractivity contribution in [1.29, 1.82) is 0 Å². The van der Waals surface area contributed by atoms with Crippen molar-refractivity contribution in [3.63, 3.8) is 0 Å². The van der Waals surface area contributed by atoms with Gasteiger partial charge in [0.2, 0.25) is 0 Å². The second-order valence-electron chi connectivity index (χ2n) is 3.43. The van der Waals surface area contributed by atoms with Gasteiger partial charge in [0.25, 0.3) is 0 Å². The molecule has 12 heavy (non-hydrogen) atoms. The lowest BCUT2D eigenvalue weighted by Crippen LogP contribution is -2.08. The Morgan fingerprint density at radius 2 is 2.33 bits per heavy atom. The first-order valence-electron chi connectivity index (χ1n) is 4.26. The fourth-order valence-corrected chi connectivity index (χ4v) is 2.79. The van der Waals surface area contributed by atoms with Gasteiger partial charge < -0.3 is 5.73 Å². The molecule has 2 rings (SSSR count). The van der Waals surface area contributed by atoms with Gasteiger partial charge in [0.05, 0.1) is 3.79 Å². The molecule has 1 aromatic rings. The molecule has 1 fully saturated rings. The molecule has 0 bridgehead atoms. The van der Waals surface area contributed by atoms with Crippen molar-refractivity contribution >= 4 is 27.3 Å². The van der Waals surface area contributed by atoms with E-state index in [9.17, 15) is 0 Å². The van der Waals surface area contributed by atoms with E-state index in [-0.39, 0.29) is 6.04 Å². The van der Waals surface area contributed by atoms with Gasteiger partial charge in [0, 0.05) is 10.9 Å². The summed E-state index contributed by atoms with van der Waals surface area (Å²) in [7, 11) is 0. The van der Waals surface area contributed by atoms with Gasteiger partial charge in [-0.05, 0) is 40.4 Å². The highest BCUT2D eigenvalue weighted by Crippen LogP contribution is 2.38. The Bertz CT molecular complexity index is 267. The lowest BCUT2D eigenvalue weighted by atomic mass is 10.1. The zero-order chi connectivity index (χ0) is 8.55. The molecule has 1 aliphatic rings. The largest absolute Gasteiger partial charge is 0.323 e. The molecular formula is C9H12BrNS. The molecule has 1 aliphatic carbocycles. The average molecular weight is 246 g/mol. The van der Waals surface area contributed by atoms with Crippen molar-refractivity contribution < 1.29 is 0 Å². The Kier molecular flexibility index (Phi) is 2.53. The Hall–Kier alpha value is 0.140. The predicted molar refractivity (Wildman–Crippen MR) is 56.3 cm³/mol. The molecule has 1 aromatic heterocycles. The minimum absolute atomic E-state index is 0.272. The van der Waals surface area contributed by atoms with Crippen molar-refractivity contribution in [2.75, 3.05) is 0 Å². The topological polar surface area (TPSA) is 26.0 Å². The van der Waals surface area contributed by atoms with Crippen LogP contribution in [0.2, 0.25) is 0 Å². The van der Waals surface area contributed by atoms with Gasteiger partial charge in [-0.1, -0.05) is 12.8 Å². The van der Waals surface area contributed by atoms with Gasteiger partial charge in [0.15, 0.2) is 0 Å². The first-order chi connectivity index (χ1) is 5.75. The Labute approximate surface area is 85.1 Å². The van der Waals surface area contributed by atoms with Gasteiger partial charge in [-0.15, -0.1) is 11.3 Å². The molecule has 1 nitrogen and oxygen atoms in total. The van der Waals surface area contributed by atoms with E-state index in [1.165, 1.54) is 27.9 Å². The fraction of sp³-hybridized carbons (Fsp3) is 0.556. The second-order valence-corrected chi connectivity index (χ2v) is 5.92. The summed E-state index contributed by atoms with van der Waals surface area (Å²) in [4.78, 5) is 1.31. The van der Waals surface area contributed by atoms with Crippen LogP contribution in [0.1, 0.15) is 30.2 Å². The standard InChI is InChI=1S/C9H12BrNS/c10-9-4-3-8(12-9)7(11)5-6-1-2-6/h3-4,6-7H,1-2,5,11H2/t7-/m0/s1. The summed E-state index contributed by atoms with van der Waals surface area (Å²) in [5.41, 5.74) is 6.04. The predicted octanol–water partition coefficient (Wildman–Crippen LogP) is 3.31. The summed E-state index contributed by atoms with van der Waals surface area (Å²) in [5, 5.41) is 0. The smallest absolute Gasteiger partial charge is 0.0701 e. The zero-order valence-corrected chi connectivity index (χ0v) is 9.20. The number of hydrogen-bond acceptors (Lipinski definition) is 2. The molecule has 1 saturated carbocycles. The van der Waals surface area contributed by atoms with Crippen molar-refractivity contribution in [2.45, 2.75) is 25.3 Å². The summed E-state index contributed by atoms with van der Waals surface area (Å²) >= 11 is 5.20. The molecule has 1 atom stereocenters. The third-order valence-electron chi connectivity index (χ3n) is 2.24. The number of hydrogen-bond donors (Lipinski definition) is 1. The normalized spacial score (nSPS) is 19.5. The van der Waals surface area contributed by atoms with E-state index in [0.29, 0.717) is 0 Å². The van der Waals surface area contributed by atoms with Crippen LogP contribution in [-0.4, -0.2) is 0 Å². The van der Waals surface area contributed by atoms with Gasteiger partial charge in [-0.25, -0.2) is 0 Å². The van der Waals surface area contributed by atoms with Gasteiger partial charge >= 0.3 is 0 Å². The maximum Gasteiger partial charge on any atom is 0.0701 e. The van der Waals surface area contributed by atoms with Gasteiger partial charge in [0.1, 0.15) is 0 Å². The first kappa shape index (κ1) is 8.73. The summed E-state index contributed by atoms with van der Waals surface area (Å²) in [6.07, 6.45) is 3.95. The van der Waals surface area contributed by atoms with E-state index in [0.717, 1.165) is 5.92 Å². The van der Waals surface area contributed by atoms with Crippen LogP contribution in [0, 0.1) is 5.92 Å². The van der Waals surface area contributed by atoms with E-state index in [4.69, 9.17) is 5.73 Å². The summed E-state index contributed by atoms with van der Waals surface area (Å²) < 4.78 is 1.18. The molecule has 0 unspecified atom stereocenters. The van der Waals surface area contributed by atoms with Crippen LogP contribution in [0.15, 0.2) is 15.9 Å². The van der Waals surface area contributed by atoms with Crippen molar-refractivity contribution in [1.82, 2.24) is 0 Å². The van der Waals surface area contributed by atoms with E-state index >= 15 is 0 Å². The van der Waals surface area contributed by atoms with E-state index in [2.05, 4.69) is 28.1 Å². The Morgan fingerprint density at radius 3 is 2.83 bits per heavy atom. The number of nitrogens with two attached hydrogens (primary N) is 1. The third kappa shape index (κ3) is 2.09. The maximum atomic E-state index is 6.04.